The highest BCUT2D eigenvalue weighted by atomic mass is 35.5. The molecule has 0 bridgehead atoms. The number of nitrogen functional groups attached to an aromatic ring is 1. The number of nitrogens with one attached hydrogen (secondary N) is 2. The highest BCUT2D eigenvalue weighted by Crippen LogP contribution is 2.36. The average Bonchev–Trinajstić information content (AvgIpc) is 2.82. The third kappa shape index (κ3) is 6.04. The number of aromatic nitrogens is 2. The van der Waals surface area contributed by atoms with Crippen LogP contribution in [0.4, 0.5) is 23.0 Å². The monoisotopic (exact) mass is 531 g/mol. The van der Waals surface area contributed by atoms with Gasteiger partial charge in [-0.05, 0) is 56.3 Å². The molecular formula is C24H27Cl2N7O3. The van der Waals surface area contributed by atoms with Crippen LogP contribution in [-0.2, 0) is 11.2 Å². The highest BCUT2D eigenvalue weighted by molar-refractivity contribution is 6.36. The zero-order valence-electron chi connectivity index (χ0n) is 19.7. The van der Waals surface area contributed by atoms with Crippen molar-refractivity contribution in [3.63, 3.8) is 0 Å². The van der Waals surface area contributed by atoms with E-state index in [0.29, 0.717) is 53.2 Å². The Hall–Kier alpha value is -2.99. The van der Waals surface area contributed by atoms with Crippen LogP contribution in [-0.4, -0.2) is 59.2 Å². The molecule has 1 aliphatic heterocycles. The second-order valence-corrected chi connectivity index (χ2v) is 9.39. The molecule has 0 aliphatic carbocycles. The first-order valence-corrected chi connectivity index (χ1v) is 12.2. The number of halogens is 2. The number of anilines is 3. The van der Waals surface area contributed by atoms with E-state index in [1.807, 2.05) is 30.1 Å². The molecule has 3 heterocycles. The van der Waals surface area contributed by atoms with Gasteiger partial charge in [0, 0.05) is 42.0 Å². The molecule has 0 spiro atoms. The lowest BCUT2D eigenvalue weighted by molar-refractivity contribution is -0.990. The molecule has 0 saturated carbocycles. The molecule has 4 rings (SSSR count). The standard InChI is InChI=1S/C24H27Cl2N7O3/c1-31-11-12-32(22(34)14-31)19-7-5-16(29-23(19)17-6-4-15(25)13-18(17)26)3-2-10-28-21-9-8-20(33(35)36)24(27)30-21/h4-9,13,33,35H,2-3,10-12,14H2,1H3,(H3,27,28,30). The van der Waals surface area contributed by atoms with Crippen LogP contribution in [0.15, 0.2) is 42.5 Å². The van der Waals surface area contributed by atoms with Gasteiger partial charge in [0.25, 0.3) is 0 Å². The van der Waals surface area contributed by atoms with Gasteiger partial charge in [-0.25, -0.2) is 10.2 Å². The van der Waals surface area contributed by atoms with Crippen LogP contribution in [0.1, 0.15) is 12.1 Å². The summed E-state index contributed by atoms with van der Waals surface area (Å²) in [5, 5.41) is 23.2. The van der Waals surface area contributed by atoms with Gasteiger partial charge in [-0.2, -0.15) is 5.23 Å². The fourth-order valence-corrected chi connectivity index (χ4v) is 4.51. The van der Waals surface area contributed by atoms with Crippen LogP contribution in [0.5, 0.6) is 0 Å². The molecule has 1 atom stereocenters. The number of nitrogens with zero attached hydrogens (tertiary/aromatic N) is 4. The number of carbonyl (C=O) groups excluding carboxylic acids is 1. The minimum Gasteiger partial charge on any atom is -0.595 e. The maximum Gasteiger partial charge on any atom is 0.241 e. The second-order valence-electron chi connectivity index (χ2n) is 8.54. The molecule has 2 aromatic heterocycles. The van der Waals surface area contributed by atoms with Gasteiger partial charge in [-0.3, -0.25) is 14.7 Å². The normalized spacial score (nSPS) is 15.2. The van der Waals surface area contributed by atoms with Crippen molar-refractivity contribution in [2.75, 3.05) is 49.2 Å². The molecule has 12 heteroatoms. The van der Waals surface area contributed by atoms with E-state index in [2.05, 4.69) is 10.3 Å². The maximum absolute atomic E-state index is 12.8. The number of hydrogen-bond acceptors (Lipinski definition) is 8. The average molecular weight is 532 g/mol. The lowest BCUT2D eigenvalue weighted by atomic mass is 10.1. The Balaban J connectivity index is 1.51. The quantitative estimate of drug-likeness (QED) is 0.257. The fourth-order valence-electron chi connectivity index (χ4n) is 4.01. The topological polar surface area (TPSA) is 135 Å². The van der Waals surface area contributed by atoms with E-state index < -0.39 is 5.23 Å². The molecule has 0 radical (unpaired) electrons. The SMILES string of the molecule is CN1CCN(c2ccc(CCCNc3ccc([NH+]([O-])O)c(N)n3)nc2-c2ccc(Cl)cc2Cl)C(=O)C1. The Kier molecular flexibility index (Phi) is 8.24. The van der Waals surface area contributed by atoms with Crippen molar-refractivity contribution in [3.8, 4) is 11.3 Å². The van der Waals surface area contributed by atoms with Crippen molar-refractivity contribution in [2.45, 2.75) is 12.8 Å². The Morgan fingerprint density at radius 1 is 1.17 bits per heavy atom. The van der Waals surface area contributed by atoms with Crippen LogP contribution in [0.25, 0.3) is 11.3 Å². The summed E-state index contributed by atoms with van der Waals surface area (Å²) in [7, 11) is 1.92. The molecule has 36 heavy (non-hydrogen) atoms. The van der Waals surface area contributed by atoms with Crippen molar-refractivity contribution in [2.24, 2.45) is 0 Å². The number of amides is 1. The number of pyridine rings is 2. The third-order valence-corrected chi connectivity index (χ3v) is 6.44. The largest absolute Gasteiger partial charge is 0.595 e. The predicted molar refractivity (Wildman–Crippen MR) is 141 cm³/mol. The maximum atomic E-state index is 12.8. The summed E-state index contributed by atoms with van der Waals surface area (Å²) in [6, 6.07) is 12.1. The van der Waals surface area contributed by atoms with Gasteiger partial charge in [0.15, 0.2) is 5.82 Å². The Labute approximate surface area is 218 Å². The number of likely N-dealkylation sites (N-methyl/N-ethyl adjacent to an activating group) is 1. The number of benzene rings is 1. The van der Waals surface area contributed by atoms with E-state index >= 15 is 0 Å². The number of rotatable bonds is 8. The highest BCUT2D eigenvalue weighted by Gasteiger charge is 2.26. The number of carbonyl (C=O) groups is 1. The first-order chi connectivity index (χ1) is 17.2. The van der Waals surface area contributed by atoms with Gasteiger partial charge in [-0.15, -0.1) is 0 Å². The zero-order valence-corrected chi connectivity index (χ0v) is 21.2. The second kappa shape index (κ2) is 11.4. The van der Waals surface area contributed by atoms with E-state index in [0.717, 1.165) is 24.3 Å². The molecule has 10 nitrogen and oxygen atoms in total. The third-order valence-electron chi connectivity index (χ3n) is 5.89. The summed E-state index contributed by atoms with van der Waals surface area (Å²) < 4.78 is 0. The van der Waals surface area contributed by atoms with Crippen LogP contribution in [0.2, 0.25) is 10.0 Å². The van der Waals surface area contributed by atoms with Crippen molar-refractivity contribution >= 4 is 52.1 Å². The molecule has 1 aromatic carbocycles. The van der Waals surface area contributed by atoms with Gasteiger partial charge in [-0.1, -0.05) is 23.2 Å². The van der Waals surface area contributed by atoms with E-state index in [4.69, 9.17) is 39.1 Å². The van der Waals surface area contributed by atoms with Crippen LogP contribution in [0, 0.1) is 5.21 Å². The van der Waals surface area contributed by atoms with Crippen molar-refractivity contribution in [1.29, 1.82) is 0 Å². The van der Waals surface area contributed by atoms with Gasteiger partial charge >= 0.3 is 0 Å². The summed E-state index contributed by atoms with van der Waals surface area (Å²) in [5.74, 6) is 0.477. The minimum absolute atomic E-state index is 0.00882. The minimum atomic E-state index is -1.11. The molecular weight excluding hydrogens is 505 g/mol. The van der Waals surface area contributed by atoms with E-state index in [-0.39, 0.29) is 17.4 Å². The van der Waals surface area contributed by atoms with E-state index in [1.165, 1.54) is 6.07 Å². The molecule has 1 amide bonds. The molecule has 1 aliphatic rings. The zero-order chi connectivity index (χ0) is 25.8. The fraction of sp³-hybridized carbons (Fsp3) is 0.292. The first-order valence-electron chi connectivity index (χ1n) is 11.4. The van der Waals surface area contributed by atoms with E-state index in [9.17, 15) is 10.0 Å². The summed E-state index contributed by atoms with van der Waals surface area (Å²) in [4.78, 5) is 25.5. The Bertz CT molecular complexity index is 1260. The lowest BCUT2D eigenvalue weighted by Crippen LogP contribution is -2.99. The number of hydrogen-bond donors (Lipinski definition) is 4. The predicted octanol–water partition coefficient (Wildman–Crippen LogP) is 2.76. The summed E-state index contributed by atoms with van der Waals surface area (Å²) in [6.07, 6.45) is 1.39. The number of nitrogens with two attached hydrogens (primary N) is 1. The molecule has 1 fully saturated rings. The van der Waals surface area contributed by atoms with Crippen LogP contribution >= 0.6 is 23.2 Å². The molecule has 5 N–H and O–H groups in total. The van der Waals surface area contributed by atoms with Crippen LogP contribution < -0.4 is 21.2 Å². The van der Waals surface area contributed by atoms with Gasteiger partial charge < -0.3 is 21.2 Å². The molecule has 3 aromatic rings. The molecule has 190 valence electrons. The summed E-state index contributed by atoms with van der Waals surface area (Å²) in [6.45, 7) is 2.25. The van der Waals surface area contributed by atoms with Gasteiger partial charge in [0.05, 0.1) is 22.9 Å². The van der Waals surface area contributed by atoms with Crippen LogP contribution in [0.3, 0.4) is 0 Å². The molecule has 1 unspecified atom stereocenters. The smallest absolute Gasteiger partial charge is 0.241 e. The number of aryl methyl sites for hydroxylation is 1. The molecule has 1 saturated heterocycles. The Morgan fingerprint density at radius 2 is 1.97 bits per heavy atom. The van der Waals surface area contributed by atoms with Crippen molar-refractivity contribution in [1.82, 2.24) is 14.9 Å². The van der Waals surface area contributed by atoms with E-state index in [1.54, 1.807) is 23.1 Å². The summed E-state index contributed by atoms with van der Waals surface area (Å²) in [5.41, 5.74) is 8.59. The van der Waals surface area contributed by atoms with Crippen molar-refractivity contribution < 1.29 is 15.2 Å². The first kappa shape index (κ1) is 26.1. The number of piperazine rings is 1. The van der Waals surface area contributed by atoms with Gasteiger partial charge in [0.1, 0.15) is 5.82 Å². The van der Waals surface area contributed by atoms with Gasteiger partial charge in [0.2, 0.25) is 11.6 Å². The lowest BCUT2D eigenvalue weighted by Gasteiger charge is -2.33. The summed E-state index contributed by atoms with van der Waals surface area (Å²) >= 11 is 12.6. The Morgan fingerprint density at radius 3 is 2.67 bits per heavy atom. The van der Waals surface area contributed by atoms with Crippen molar-refractivity contribution in [3.05, 3.63) is 63.4 Å². The number of quaternary nitrogens is 1.